The molecule has 0 aromatic rings. The summed E-state index contributed by atoms with van der Waals surface area (Å²) in [5, 5.41) is 0. The highest BCUT2D eigenvalue weighted by Crippen LogP contribution is 2.42. The van der Waals surface area contributed by atoms with Crippen LogP contribution in [0.4, 0.5) is 0 Å². The zero-order chi connectivity index (χ0) is 17.7. The summed E-state index contributed by atoms with van der Waals surface area (Å²) in [5.41, 5.74) is 0.544. The number of amides is 1. The minimum Gasteiger partial charge on any atom is -0.343 e. The normalized spacial score (nSPS) is 26.2. The predicted molar refractivity (Wildman–Crippen MR) is 104 cm³/mol. The summed E-state index contributed by atoms with van der Waals surface area (Å²) in [5.74, 6) is 0.383. The quantitative estimate of drug-likeness (QED) is 0.761. The van der Waals surface area contributed by atoms with Crippen molar-refractivity contribution in [3.63, 3.8) is 0 Å². The lowest BCUT2D eigenvalue weighted by molar-refractivity contribution is -0.134. The molecule has 1 amide bonds. The fourth-order valence-corrected chi connectivity index (χ4v) is 5.29. The van der Waals surface area contributed by atoms with Crippen LogP contribution >= 0.6 is 0 Å². The number of hydrogen-bond donors (Lipinski definition) is 0. The summed E-state index contributed by atoms with van der Waals surface area (Å²) < 4.78 is 0. The summed E-state index contributed by atoms with van der Waals surface area (Å²) in [6.45, 7) is 12.9. The number of rotatable bonds is 5. The molecular formula is C21H39N3O. The lowest BCUT2D eigenvalue weighted by atomic mass is 9.71. The van der Waals surface area contributed by atoms with Gasteiger partial charge in [-0.3, -0.25) is 4.79 Å². The largest absolute Gasteiger partial charge is 0.343 e. The van der Waals surface area contributed by atoms with E-state index in [-0.39, 0.29) is 0 Å². The summed E-state index contributed by atoms with van der Waals surface area (Å²) in [6.07, 6.45) is 10.9. The van der Waals surface area contributed by atoms with Gasteiger partial charge in [-0.1, -0.05) is 13.8 Å². The van der Waals surface area contributed by atoms with Crippen molar-refractivity contribution in [3.8, 4) is 0 Å². The lowest BCUT2D eigenvalue weighted by Gasteiger charge is -2.49. The predicted octanol–water partition coefficient (Wildman–Crippen LogP) is 3.37. The summed E-state index contributed by atoms with van der Waals surface area (Å²) in [6, 6.07) is 0.830. The molecule has 4 heteroatoms. The van der Waals surface area contributed by atoms with Crippen molar-refractivity contribution in [2.45, 2.75) is 77.7 Å². The molecule has 0 radical (unpaired) electrons. The summed E-state index contributed by atoms with van der Waals surface area (Å²) in [7, 11) is 0. The number of carbonyl (C=O) groups excluding carboxylic acids is 1. The lowest BCUT2D eigenvalue weighted by Crippen LogP contribution is -2.52. The first kappa shape index (κ1) is 19.2. The van der Waals surface area contributed by atoms with Gasteiger partial charge >= 0.3 is 0 Å². The molecule has 4 nitrogen and oxygen atoms in total. The molecule has 0 unspecified atom stereocenters. The molecule has 3 rings (SSSR count). The van der Waals surface area contributed by atoms with Gasteiger partial charge in [-0.05, 0) is 89.5 Å². The minimum absolute atomic E-state index is 0.383. The van der Waals surface area contributed by atoms with E-state index in [0.29, 0.717) is 11.3 Å². The second-order valence-corrected chi connectivity index (χ2v) is 8.74. The molecule has 0 aliphatic carbocycles. The van der Waals surface area contributed by atoms with Crippen LogP contribution < -0.4 is 0 Å². The maximum atomic E-state index is 12.1. The molecule has 0 atom stereocenters. The van der Waals surface area contributed by atoms with Crippen LogP contribution in [0.1, 0.15) is 71.6 Å². The molecule has 25 heavy (non-hydrogen) atoms. The zero-order valence-corrected chi connectivity index (χ0v) is 16.6. The number of hydrogen-bond acceptors (Lipinski definition) is 3. The Morgan fingerprint density at radius 3 is 2.04 bits per heavy atom. The highest BCUT2D eigenvalue weighted by Gasteiger charge is 2.39. The Morgan fingerprint density at radius 2 is 1.48 bits per heavy atom. The average Bonchev–Trinajstić information content (AvgIpc) is 2.64. The van der Waals surface area contributed by atoms with Gasteiger partial charge in [0.1, 0.15) is 0 Å². The van der Waals surface area contributed by atoms with Gasteiger partial charge in [0, 0.05) is 25.6 Å². The fourth-order valence-electron chi connectivity index (χ4n) is 5.29. The van der Waals surface area contributed by atoms with Crippen LogP contribution in [0.2, 0.25) is 0 Å². The van der Waals surface area contributed by atoms with Gasteiger partial charge in [-0.15, -0.1) is 0 Å². The van der Waals surface area contributed by atoms with Crippen LogP contribution in [0.3, 0.4) is 0 Å². The maximum absolute atomic E-state index is 12.1. The Hall–Kier alpha value is -0.610. The third kappa shape index (κ3) is 4.77. The van der Waals surface area contributed by atoms with Crippen molar-refractivity contribution in [2.75, 3.05) is 45.8 Å². The first-order chi connectivity index (χ1) is 12.2. The van der Waals surface area contributed by atoms with Crippen molar-refractivity contribution < 1.29 is 4.79 Å². The zero-order valence-electron chi connectivity index (χ0n) is 16.6. The van der Waals surface area contributed by atoms with Crippen molar-refractivity contribution in [1.29, 1.82) is 0 Å². The molecule has 3 fully saturated rings. The van der Waals surface area contributed by atoms with Crippen LogP contribution in [0, 0.1) is 5.41 Å². The van der Waals surface area contributed by atoms with Gasteiger partial charge in [-0.2, -0.15) is 0 Å². The molecular weight excluding hydrogens is 310 g/mol. The molecule has 0 aromatic heterocycles. The molecule has 0 bridgehead atoms. The number of piperidine rings is 3. The average molecular weight is 350 g/mol. The Morgan fingerprint density at radius 1 is 0.880 bits per heavy atom. The van der Waals surface area contributed by atoms with Crippen molar-refractivity contribution in [3.05, 3.63) is 0 Å². The monoisotopic (exact) mass is 349 g/mol. The van der Waals surface area contributed by atoms with Crippen LogP contribution in [0.25, 0.3) is 0 Å². The summed E-state index contributed by atoms with van der Waals surface area (Å²) >= 11 is 0. The molecule has 3 heterocycles. The highest BCUT2D eigenvalue weighted by molar-refractivity contribution is 5.76. The van der Waals surface area contributed by atoms with E-state index in [2.05, 4.69) is 28.5 Å². The molecule has 3 aliphatic rings. The van der Waals surface area contributed by atoms with Gasteiger partial charge in [0.2, 0.25) is 5.91 Å². The van der Waals surface area contributed by atoms with E-state index in [1.807, 2.05) is 0 Å². The first-order valence-corrected chi connectivity index (χ1v) is 10.9. The number of nitrogens with zero attached hydrogens (tertiary/aromatic N) is 3. The third-order valence-electron chi connectivity index (χ3n) is 7.11. The van der Waals surface area contributed by atoms with E-state index in [1.165, 1.54) is 77.7 Å². The molecule has 3 aliphatic heterocycles. The smallest absolute Gasteiger partial charge is 0.222 e. The van der Waals surface area contributed by atoms with E-state index in [0.717, 1.165) is 32.0 Å². The van der Waals surface area contributed by atoms with Gasteiger partial charge in [0.05, 0.1) is 0 Å². The standard InChI is InChI=1S/C21H39N3O/c1-3-5-20(25)24-17-10-21(11-18-24)8-15-23(16-9-21)19-6-13-22(12-4-2)14-7-19/h19H,3-18H2,1-2H3. The number of likely N-dealkylation sites (tertiary alicyclic amines) is 3. The Labute approximate surface area is 154 Å². The molecule has 0 N–H and O–H groups in total. The number of carbonyl (C=O) groups is 1. The highest BCUT2D eigenvalue weighted by atomic mass is 16.2. The van der Waals surface area contributed by atoms with Crippen LogP contribution in [-0.4, -0.2) is 72.5 Å². The van der Waals surface area contributed by atoms with Gasteiger partial charge < -0.3 is 14.7 Å². The Kier molecular flexibility index (Phi) is 6.79. The van der Waals surface area contributed by atoms with Gasteiger partial charge in [0.25, 0.3) is 0 Å². The SMILES string of the molecule is CCCC(=O)N1CCC2(CC1)CCN(C1CCN(CCC)CC1)CC2. The van der Waals surface area contributed by atoms with Crippen LogP contribution in [-0.2, 0) is 4.79 Å². The van der Waals surface area contributed by atoms with Crippen molar-refractivity contribution in [1.82, 2.24) is 14.7 Å². The topological polar surface area (TPSA) is 26.8 Å². The van der Waals surface area contributed by atoms with Gasteiger partial charge in [0.15, 0.2) is 0 Å². The van der Waals surface area contributed by atoms with E-state index in [1.54, 1.807) is 0 Å². The van der Waals surface area contributed by atoms with E-state index in [9.17, 15) is 4.79 Å². The molecule has 1 spiro atoms. The maximum Gasteiger partial charge on any atom is 0.222 e. The molecule has 144 valence electrons. The first-order valence-electron chi connectivity index (χ1n) is 10.9. The van der Waals surface area contributed by atoms with E-state index < -0.39 is 0 Å². The van der Waals surface area contributed by atoms with E-state index in [4.69, 9.17) is 0 Å². The second-order valence-electron chi connectivity index (χ2n) is 8.74. The Bertz CT molecular complexity index is 413. The molecule has 3 saturated heterocycles. The molecule has 0 saturated carbocycles. The van der Waals surface area contributed by atoms with E-state index >= 15 is 0 Å². The van der Waals surface area contributed by atoms with Crippen LogP contribution in [0.5, 0.6) is 0 Å². The van der Waals surface area contributed by atoms with Crippen molar-refractivity contribution in [2.24, 2.45) is 5.41 Å². The second kappa shape index (κ2) is 8.85. The summed E-state index contributed by atoms with van der Waals surface area (Å²) in [4.78, 5) is 19.7. The molecule has 0 aromatic carbocycles. The third-order valence-corrected chi connectivity index (χ3v) is 7.11. The Balaban J connectivity index is 1.41. The minimum atomic E-state index is 0.383. The van der Waals surface area contributed by atoms with Crippen molar-refractivity contribution >= 4 is 5.91 Å². The van der Waals surface area contributed by atoms with Crippen LogP contribution in [0.15, 0.2) is 0 Å². The van der Waals surface area contributed by atoms with Gasteiger partial charge in [-0.25, -0.2) is 0 Å². The fraction of sp³-hybridized carbons (Fsp3) is 0.952.